The van der Waals surface area contributed by atoms with Crippen molar-refractivity contribution in [1.82, 2.24) is 0 Å². The molecule has 0 aliphatic carbocycles. The molecule has 0 unspecified atom stereocenters. The molecule has 0 saturated carbocycles. The van der Waals surface area contributed by atoms with Crippen LogP contribution < -0.4 is 24.8 Å². The van der Waals surface area contributed by atoms with Crippen LogP contribution in [0.4, 0.5) is 11.4 Å². The number of nitrogens with one attached hydrogen (secondary N) is 2. The van der Waals surface area contributed by atoms with Crippen LogP contribution in [-0.2, 0) is 4.79 Å². The second kappa shape index (κ2) is 12.2. The van der Waals surface area contributed by atoms with Crippen LogP contribution in [0.25, 0.3) is 0 Å². The molecule has 164 valence electrons. The molecule has 0 radical (unpaired) electrons. The Morgan fingerprint density at radius 1 is 1.10 bits per heavy atom. The van der Waals surface area contributed by atoms with Crippen molar-refractivity contribution in [2.75, 3.05) is 37.3 Å². The lowest BCUT2D eigenvalue weighted by molar-refractivity contribution is -0.112. The van der Waals surface area contributed by atoms with E-state index in [0.717, 1.165) is 0 Å². The molecule has 2 N–H and O–H groups in total. The fourth-order valence-electron chi connectivity index (χ4n) is 2.39. The molecule has 1 amide bonds. The number of benzene rings is 2. The number of hydrogen-bond acceptors (Lipinski definition) is 6. The number of hydrogen-bond donors (Lipinski definition) is 2. The normalized spacial score (nSPS) is 10.8. The number of amides is 1. The highest BCUT2D eigenvalue weighted by Crippen LogP contribution is 2.34. The Morgan fingerprint density at radius 3 is 2.48 bits per heavy atom. The lowest BCUT2D eigenvalue weighted by Crippen LogP contribution is -2.15. The molecule has 0 heterocycles. The molecule has 0 fully saturated rings. The topological polar surface area (TPSA) is 92.6 Å². The van der Waals surface area contributed by atoms with E-state index in [9.17, 15) is 10.1 Å². The molecule has 0 aliphatic rings. The molecule has 2 aromatic carbocycles. The summed E-state index contributed by atoms with van der Waals surface area (Å²) in [4.78, 5) is 12.5. The second-order valence-corrected chi connectivity index (χ2v) is 7.18. The Labute approximate surface area is 195 Å². The lowest BCUT2D eigenvalue weighted by Gasteiger charge is -2.12. The minimum Gasteiger partial charge on any atom is -0.495 e. The number of halogens is 3. The van der Waals surface area contributed by atoms with Gasteiger partial charge in [-0.3, -0.25) is 4.79 Å². The van der Waals surface area contributed by atoms with Gasteiger partial charge in [0.25, 0.3) is 5.91 Å². The molecule has 2 rings (SSSR count). The zero-order valence-corrected chi connectivity index (χ0v) is 19.1. The van der Waals surface area contributed by atoms with Crippen molar-refractivity contribution in [1.29, 1.82) is 5.26 Å². The average Bonchev–Trinajstić information content (AvgIpc) is 2.76. The van der Waals surface area contributed by atoms with Crippen LogP contribution in [0.1, 0.15) is 6.42 Å². The lowest BCUT2D eigenvalue weighted by atomic mass is 10.2. The monoisotopic (exact) mass is 483 g/mol. The minimum absolute atomic E-state index is 0.176. The first-order valence-corrected chi connectivity index (χ1v) is 10.3. The average molecular weight is 485 g/mol. The van der Waals surface area contributed by atoms with E-state index in [1.54, 1.807) is 18.2 Å². The summed E-state index contributed by atoms with van der Waals surface area (Å²) < 4.78 is 16.0. The summed E-state index contributed by atoms with van der Waals surface area (Å²) in [6, 6.07) is 9.87. The highest BCUT2D eigenvalue weighted by molar-refractivity contribution is 6.37. The highest BCUT2D eigenvalue weighted by Gasteiger charge is 2.14. The standard InChI is InChI=1S/C21H20Cl3N3O4/c1-29-18-5-4-14(8-20(18)31-7-3-6-22)26-12-13(11-25)21(28)27-17-10-19(30-2)16(24)9-15(17)23/h4-5,8-10,12,26H,3,6-7H2,1-2H3,(H,27,28)/b13-12+. The Balaban J connectivity index is 2.16. The van der Waals surface area contributed by atoms with Gasteiger partial charge in [0.05, 0.1) is 36.6 Å². The number of rotatable bonds is 10. The van der Waals surface area contributed by atoms with E-state index >= 15 is 0 Å². The molecule has 0 aromatic heterocycles. The van der Waals surface area contributed by atoms with Gasteiger partial charge in [0.2, 0.25) is 0 Å². The summed E-state index contributed by atoms with van der Waals surface area (Å²) in [6.07, 6.45) is 1.96. The van der Waals surface area contributed by atoms with E-state index in [0.29, 0.717) is 46.9 Å². The van der Waals surface area contributed by atoms with E-state index in [1.165, 1.54) is 32.6 Å². The van der Waals surface area contributed by atoms with Gasteiger partial charge in [-0.1, -0.05) is 23.2 Å². The van der Waals surface area contributed by atoms with E-state index in [1.807, 2.05) is 6.07 Å². The van der Waals surface area contributed by atoms with E-state index < -0.39 is 5.91 Å². The van der Waals surface area contributed by atoms with Gasteiger partial charge in [-0.15, -0.1) is 11.6 Å². The number of anilines is 2. The van der Waals surface area contributed by atoms with Crippen LogP contribution in [0, 0.1) is 11.3 Å². The molecule has 0 atom stereocenters. The maximum Gasteiger partial charge on any atom is 0.267 e. The van der Waals surface area contributed by atoms with Gasteiger partial charge in [-0.2, -0.15) is 5.26 Å². The highest BCUT2D eigenvalue weighted by atomic mass is 35.5. The van der Waals surface area contributed by atoms with Gasteiger partial charge >= 0.3 is 0 Å². The number of methoxy groups -OCH3 is 2. The summed E-state index contributed by atoms with van der Waals surface area (Å²) in [5, 5.41) is 15.4. The van der Waals surface area contributed by atoms with Crippen LogP contribution >= 0.6 is 34.8 Å². The van der Waals surface area contributed by atoms with Crippen LogP contribution in [0.3, 0.4) is 0 Å². The van der Waals surface area contributed by atoms with Crippen molar-refractivity contribution >= 4 is 52.1 Å². The first kappa shape index (κ1) is 24.5. The molecule has 0 aliphatic heterocycles. The second-order valence-electron chi connectivity index (χ2n) is 5.99. The van der Waals surface area contributed by atoms with Crippen molar-refractivity contribution in [3.05, 3.63) is 52.2 Å². The third-order valence-electron chi connectivity index (χ3n) is 3.94. The fraction of sp³-hybridized carbons (Fsp3) is 0.238. The molecule has 31 heavy (non-hydrogen) atoms. The van der Waals surface area contributed by atoms with Gasteiger partial charge < -0.3 is 24.8 Å². The number of ether oxygens (including phenoxy) is 3. The zero-order chi connectivity index (χ0) is 22.8. The van der Waals surface area contributed by atoms with Crippen LogP contribution in [-0.4, -0.2) is 32.6 Å². The smallest absolute Gasteiger partial charge is 0.267 e. The molecular formula is C21H20Cl3N3O4. The number of carbonyl (C=O) groups is 1. The minimum atomic E-state index is -0.659. The molecule has 0 spiro atoms. The maximum atomic E-state index is 12.5. The summed E-state index contributed by atoms with van der Waals surface area (Å²) in [5.41, 5.74) is 0.673. The Morgan fingerprint density at radius 2 is 1.84 bits per heavy atom. The Hall–Kier alpha value is -2.79. The molecule has 7 nitrogen and oxygen atoms in total. The molecular weight excluding hydrogens is 465 g/mol. The van der Waals surface area contributed by atoms with Crippen molar-refractivity contribution in [2.45, 2.75) is 6.42 Å². The molecule has 2 aromatic rings. The first-order chi connectivity index (χ1) is 14.9. The van der Waals surface area contributed by atoms with Crippen molar-refractivity contribution in [2.24, 2.45) is 0 Å². The van der Waals surface area contributed by atoms with Gasteiger partial charge in [-0.25, -0.2) is 0 Å². The van der Waals surface area contributed by atoms with Crippen LogP contribution in [0.5, 0.6) is 17.2 Å². The number of carbonyl (C=O) groups excluding carboxylic acids is 1. The number of nitrogens with zero attached hydrogens (tertiary/aromatic N) is 1. The van der Waals surface area contributed by atoms with Crippen molar-refractivity contribution in [3.63, 3.8) is 0 Å². The molecule has 0 saturated heterocycles. The maximum absolute atomic E-state index is 12.5. The van der Waals surface area contributed by atoms with Crippen molar-refractivity contribution < 1.29 is 19.0 Å². The predicted octanol–water partition coefficient (Wildman–Crippen LogP) is 5.48. The van der Waals surface area contributed by atoms with E-state index in [-0.39, 0.29) is 16.3 Å². The molecule has 10 heteroatoms. The SMILES string of the molecule is COc1cc(NC(=O)/C(C#N)=C/Nc2ccc(OC)c(OCCCCl)c2)c(Cl)cc1Cl. The van der Waals surface area contributed by atoms with Gasteiger partial charge in [0.15, 0.2) is 11.5 Å². The number of nitriles is 1. The van der Waals surface area contributed by atoms with E-state index in [2.05, 4.69) is 10.6 Å². The van der Waals surface area contributed by atoms with E-state index in [4.69, 9.17) is 49.0 Å². The van der Waals surface area contributed by atoms with Crippen LogP contribution in [0.15, 0.2) is 42.1 Å². The zero-order valence-electron chi connectivity index (χ0n) is 16.8. The van der Waals surface area contributed by atoms with Gasteiger partial charge in [0, 0.05) is 29.9 Å². The van der Waals surface area contributed by atoms with Gasteiger partial charge in [-0.05, 0) is 24.6 Å². The largest absolute Gasteiger partial charge is 0.495 e. The van der Waals surface area contributed by atoms with Crippen LogP contribution in [0.2, 0.25) is 10.0 Å². The predicted molar refractivity (Wildman–Crippen MR) is 123 cm³/mol. The Kier molecular flexibility index (Phi) is 9.60. The first-order valence-electron chi connectivity index (χ1n) is 9.01. The third kappa shape index (κ3) is 6.86. The summed E-state index contributed by atoms with van der Waals surface area (Å²) in [6.45, 7) is 0.427. The van der Waals surface area contributed by atoms with Gasteiger partial charge in [0.1, 0.15) is 17.4 Å². The fourth-order valence-corrected chi connectivity index (χ4v) is 3.01. The third-order valence-corrected chi connectivity index (χ3v) is 4.81. The summed E-state index contributed by atoms with van der Waals surface area (Å²) >= 11 is 17.8. The summed E-state index contributed by atoms with van der Waals surface area (Å²) in [7, 11) is 2.97. The summed E-state index contributed by atoms with van der Waals surface area (Å²) in [5.74, 6) is 1.21. The quantitative estimate of drug-likeness (QED) is 0.201. The van der Waals surface area contributed by atoms with Crippen molar-refractivity contribution in [3.8, 4) is 23.3 Å². The molecule has 0 bridgehead atoms. The Bertz CT molecular complexity index is 1010. The number of alkyl halides is 1.